The first-order valence-electron chi connectivity index (χ1n) is 12.0. The lowest BCUT2D eigenvalue weighted by atomic mass is 10.0. The quantitative estimate of drug-likeness (QED) is 0.654. The molecule has 36 heavy (non-hydrogen) atoms. The standard InChI is InChI=1S/C27H36FN3O5/c1-18-13-31(14-20-7-6-8-21(28)11-20)19(2)16-36-24-10-9-22(29-26(32)17-34-4)12-23(24)27(33)30(3)15-25(18)35-5/h6-12,18-19,25H,13-17H2,1-5H3,(H,29,32)/t18-,19+,25-/m1/s1. The number of hydrogen-bond donors (Lipinski definition) is 1. The molecule has 8 nitrogen and oxygen atoms in total. The average Bonchev–Trinajstić information content (AvgIpc) is 2.84. The average molecular weight is 502 g/mol. The number of likely N-dealkylation sites (N-methyl/N-ethyl adjacent to an activating group) is 1. The molecule has 0 fully saturated rings. The lowest BCUT2D eigenvalue weighted by molar-refractivity contribution is -0.119. The number of amides is 2. The molecular formula is C27H36FN3O5. The molecule has 3 rings (SSSR count). The highest BCUT2D eigenvalue weighted by Gasteiger charge is 2.28. The molecule has 0 saturated heterocycles. The summed E-state index contributed by atoms with van der Waals surface area (Å²) in [6.45, 7) is 5.97. The van der Waals surface area contributed by atoms with Crippen molar-refractivity contribution < 1.29 is 28.2 Å². The van der Waals surface area contributed by atoms with Gasteiger partial charge in [0.1, 0.15) is 24.8 Å². The van der Waals surface area contributed by atoms with Gasteiger partial charge < -0.3 is 24.4 Å². The molecule has 2 aromatic carbocycles. The number of nitrogens with one attached hydrogen (secondary N) is 1. The number of carbonyl (C=O) groups excluding carboxylic acids is 2. The van der Waals surface area contributed by atoms with Crippen LogP contribution < -0.4 is 10.1 Å². The molecule has 196 valence electrons. The summed E-state index contributed by atoms with van der Waals surface area (Å²) in [5.74, 6) is -0.304. The number of anilines is 1. The number of rotatable bonds is 6. The van der Waals surface area contributed by atoms with Crippen LogP contribution >= 0.6 is 0 Å². The van der Waals surface area contributed by atoms with Gasteiger partial charge in [0, 0.05) is 52.6 Å². The third-order valence-electron chi connectivity index (χ3n) is 6.41. The summed E-state index contributed by atoms with van der Waals surface area (Å²) in [6, 6.07) is 11.6. The van der Waals surface area contributed by atoms with Gasteiger partial charge in [-0.25, -0.2) is 4.39 Å². The van der Waals surface area contributed by atoms with Gasteiger partial charge in [-0.3, -0.25) is 14.5 Å². The Morgan fingerprint density at radius 2 is 1.94 bits per heavy atom. The topological polar surface area (TPSA) is 80.3 Å². The predicted octanol–water partition coefficient (Wildman–Crippen LogP) is 3.42. The van der Waals surface area contributed by atoms with Gasteiger partial charge in [-0.05, 0) is 48.7 Å². The molecule has 0 saturated carbocycles. The Bertz CT molecular complexity index is 1050. The van der Waals surface area contributed by atoms with Crippen LogP contribution in [0.1, 0.15) is 29.8 Å². The van der Waals surface area contributed by atoms with Crippen molar-refractivity contribution in [2.75, 3.05) is 52.9 Å². The van der Waals surface area contributed by atoms with Crippen molar-refractivity contribution >= 4 is 17.5 Å². The van der Waals surface area contributed by atoms with Crippen LogP contribution in [-0.2, 0) is 20.8 Å². The zero-order valence-corrected chi connectivity index (χ0v) is 21.6. The van der Waals surface area contributed by atoms with Crippen molar-refractivity contribution in [3.05, 3.63) is 59.4 Å². The number of benzene rings is 2. The summed E-state index contributed by atoms with van der Waals surface area (Å²) in [7, 11) is 4.81. The molecular weight excluding hydrogens is 465 g/mol. The van der Waals surface area contributed by atoms with Crippen LogP contribution in [0.4, 0.5) is 10.1 Å². The number of nitrogens with zero attached hydrogens (tertiary/aromatic N) is 2. The third-order valence-corrected chi connectivity index (χ3v) is 6.41. The van der Waals surface area contributed by atoms with Crippen LogP contribution in [0, 0.1) is 11.7 Å². The molecule has 9 heteroatoms. The van der Waals surface area contributed by atoms with Gasteiger partial charge in [0.05, 0.1) is 11.7 Å². The lowest BCUT2D eigenvalue weighted by Gasteiger charge is -2.36. The van der Waals surface area contributed by atoms with E-state index in [1.165, 1.54) is 13.2 Å². The summed E-state index contributed by atoms with van der Waals surface area (Å²) in [5.41, 5.74) is 1.70. The summed E-state index contributed by atoms with van der Waals surface area (Å²) >= 11 is 0. The van der Waals surface area contributed by atoms with E-state index in [1.807, 2.05) is 13.0 Å². The van der Waals surface area contributed by atoms with E-state index in [0.29, 0.717) is 43.2 Å². The normalized spacial score (nSPS) is 21.7. The second kappa shape index (κ2) is 12.8. The number of ether oxygens (including phenoxy) is 3. The zero-order chi connectivity index (χ0) is 26.2. The smallest absolute Gasteiger partial charge is 0.257 e. The number of hydrogen-bond acceptors (Lipinski definition) is 6. The van der Waals surface area contributed by atoms with Crippen molar-refractivity contribution in [1.82, 2.24) is 9.80 Å². The Labute approximate surface area is 212 Å². The Kier molecular flexibility index (Phi) is 9.81. The molecule has 1 N–H and O–H groups in total. The fourth-order valence-corrected chi connectivity index (χ4v) is 4.35. The largest absolute Gasteiger partial charge is 0.491 e. The molecule has 0 bridgehead atoms. The SMILES string of the molecule is COCC(=O)Nc1ccc2c(c1)C(=O)N(C)C[C@@H](OC)[C@H](C)CN(Cc1cccc(F)c1)[C@@H](C)CO2. The molecule has 0 aromatic heterocycles. The summed E-state index contributed by atoms with van der Waals surface area (Å²) < 4.78 is 30.6. The molecule has 0 spiro atoms. The van der Waals surface area contributed by atoms with E-state index in [9.17, 15) is 14.0 Å². The van der Waals surface area contributed by atoms with Gasteiger partial charge in [-0.1, -0.05) is 19.1 Å². The van der Waals surface area contributed by atoms with Crippen LogP contribution in [0.5, 0.6) is 5.75 Å². The molecule has 1 aliphatic heterocycles. The van der Waals surface area contributed by atoms with E-state index in [2.05, 4.69) is 17.1 Å². The van der Waals surface area contributed by atoms with Crippen molar-refractivity contribution in [3.8, 4) is 5.75 Å². The summed E-state index contributed by atoms with van der Waals surface area (Å²) in [6.07, 6.45) is -0.213. The number of carbonyl (C=O) groups is 2. The van der Waals surface area contributed by atoms with E-state index >= 15 is 0 Å². The minimum atomic E-state index is -0.317. The van der Waals surface area contributed by atoms with Crippen molar-refractivity contribution in [2.24, 2.45) is 5.92 Å². The van der Waals surface area contributed by atoms with Gasteiger partial charge >= 0.3 is 0 Å². The fourth-order valence-electron chi connectivity index (χ4n) is 4.35. The number of methoxy groups -OCH3 is 2. The van der Waals surface area contributed by atoms with Crippen LogP contribution in [0.2, 0.25) is 0 Å². The first-order valence-corrected chi connectivity index (χ1v) is 12.0. The first kappa shape index (κ1) is 27.6. The van der Waals surface area contributed by atoms with Gasteiger partial charge in [-0.15, -0.1) is 0 Å². The molecule has 3 atom stereocenters. The highest BCUT2D eigenvalue weighted by Crippen LogP contribution is 2.27. The number of halogens is 1. The summed E-state index contributed by atoms with van der Waals surface area (Å²) in [4.78, 5) is 29.3. The zero-order valence-electron chi connectivity index (χ0n) is 21.6. The van der Waals surface area contributed by atoms with E-state index in [1.54, 1.807) is 49.4 Å². The van der Waals surface area contributed by atoms with E-state index < -0.39 is 0 Å². The van der Waals surface area contributed by atoms with E-state index in [4.69, 9.17) is 14.2 Å². The molecule has 0 radical (unpaired) electrons. The van der Waals surface area contributed by atoms with E-state index in [0.717, 1.165) is 5.56 Å². The van der Waals surface area contributed by atoms with Crippen molar-refractivity contribution in [3.63, 3.8) is 0 Å². The van der Waals surface area contributed by atoms with Crippen molar-refractivity contribution in [1.29, 1.82) is 0 Å². The van der Waals surface area contributed by atoms with Crippen LogP contribution in [-0.4, -0.2) is 81.3 Å². The molecule has 0 aliphatic carbocycles. The van der Waals surface area contributed by atoms with Crippen LogP contribution in [0.15, 0.2) is 42.5 Å². The molecule has 2 aromatic rings. The van der Waals surface area contributed by atoms with Crippen LogP contribution in [0.3, 0.4) is 0 Å². The maximum Gasteiger partial charge on any atom is 0.257 e. The maximum absolute atomic E-state index is 13.8. The molecule has 0 unspecified atom stereocenters. The Hall–Kier alpha value is -3.01. The lowest BCUT2D eigenvalue weighted by Crippen LogP contribution is -2.46. The minimum absolute atomic E-state index is 0.0330. The second-order valence-electron chi connectivity index (χ2n) is 9.35. The van der Waals surface area contributed by atoms with Gasteiger partial charge in [0.15, 0.2) is 0 Å². The van der Waals surface area contributed by atoms with Gasteiger partial charge in [0.2, 0.25) is 5.91 Å². The van der Waals surface area contributed by atoms with Gasteiger partial charge in [-0.2, -0.15) is 0 Å². The first-order chi connectivity index (χ1) is 17.2. The van der Waals surface area contributed by atoms with Gasteiger partial charge in [0.25, 0.3) is 5.91 Å². The second-order valence-corrected chi connectivity index (χ2v) is 9.35. The molecule has 1 aliphatic rings. The van der Waals surface area contributed by atoms with E-state index in [-0.39, 0.29) is 42.3 Å². The predicted molar refractivity (Wildman–Crippen MR) is 136 cm³/mol. The number of fused-ring (bicyclic) bond motifs is 1. The minimum Gasteiger partial charge on any atom is -0.491 e. The summed E-state index contributed by atoms with van der Waals surface area (Å²) in [5, 5.41) is 2.74. The molecule has 1 heterocycles. The van der Waals surface area contributed by atoms with Crippen molar-refractivity contribution in [2.45, 2.75) is 32.5 Å². The highest BCUT2D eigenvalue weighted by atomic mass is 19.1. The highest BCUT2D eigenvalue weighted by molar-refractivity contribution is 5.99. The fraction of sp³-hybridized carbons (Fsp3) is 0.481. The monoisotopic (exact) mass is 501 g/mol. The maximum atomic E-state index is 13.8. The Morgan fingerprint density at radius 3 is 2.64 bits per heavy atom. The Morgan fingerprint density at radius 1 is 1.17 bits per heavy atom. The third kappa shape index (κ3) is 7.25. The Balaban J connectivity index is 1.92. The van der Waals surface area contributed by atoms with Crippen LogP contribution in [0.25, 0.3) is 0 Å². The molecule has 2 amide bonds.